The molecule has 0 radical (unpaired) electrons. The first-order valence-electron chi connectivity index (χ1n) is 6.83. The highest BCUT2D eigenvalue weighted by molar-refractivity contribution is 7.83. The maximum absolute atomic E-state index is 12.7. The summed E-state index contributed by atoms with van der Waals surface area (Å²) in [6.45, 7) is 1.84. The standard InChI is InChI=1S/C15H15F3N2O2S/c1-2-23(22)20-8-4-7-13(20)10-19-14(21)11-5-3-6-12(9-11)15(16,17)18/h3-9H,2,10H2,1H3,(H,19,21). The van der Waals surface area contributed by atoms with Crippen LogP contribution in [0.3, 0.4) is 0 Å². The van der Waals surface area contributed by atoms with Crippen molar-refractivity contribution in [3.8, 4) is 0 Å². The third-order valence-electron chi connectivity index (χ3n) is 3.14. The van der Waals surface area contributed by atoms with Crippen molar-refractivity contribution in [1.29, 1.82) is 0 Å². The minimum atomic E-state index is -4.50. The van der Waals surface area contributed by atoms with E-state index in [1.54, 1.807) is 25.3 Å². The Balaban J connectivity index is 2.09. The second kappa shape index (κ2) is 6.99. The third kappa shape index (κ3) is 4.22. The van der Waals surface area contributed by atoms with Gasteiger partial charge in [-0.15, -0.1) is 0 Å². The fraction of sp³-hybridized carbons (Fsp3) is 0.267. The van der Waals surface area contributed by atoms with Crippen molar-refractivity contribution in [2.75, 3.05) is 5.75 Å². The van der Waals surface area contributed by atoms with E-state index in [-0.39, 0.29) is 12.1 Å². The molecule has 1 amide bonds. The lowest BCUT2D eigenvalue weighted by Crippen LogP contribution is -2.25. The van der Waals surface area contributed by atoms with E-state index >= 15 is 0 Å². The lowest BCUT2D eigenvalue weighted by atomic mass is 10.1. The first-order valence-corrected chi connectivity index (χ1v) is 8.11. The Morgan fingerprint density at radius 2 is 2.00 bits per heavy atom. The Hall–Kier alpha value is -2.09. The number of alkyl halides is 3. The normalized spacial score (nSPS) is 12.9. The van der Waals surface area contributed by atoms with Gasteiger partial charge in [0.2, 0.25) is 0 Å². The molecule has 1 atom stereocenters. The van der Waals surface area contributed by atoms with E-state index in [1.807, 2.05) is 0 Å². The molecular formula is C15H15F3N2O2S. The number of aromatic nitrogens is 1. The molecule has 0 saturated heterocycles. The van der Waals surface area contributed by atoms with Crippen molar-refractivity contribution >= 4 is 16.9 Å². The van der Waals surface area contributed by atoms with Crippen molar-refractivity contribution < 1.29 is 22.2 Å². The first-order chi connectivity index (χ1) is 10.8. The summed E-state index contributed by atoms with van der Waals surface area (Å²) >= 11 is 0. The summed E-state index contributed by atoms with van der Waals surface area (Å²) < 4.78 is 51.3. The predicted octanol–water partition coefficient (Wildman–Crippen LogP) is 2.97. The molecule has 0 bridgehead atoms. The minimum Gasteiger partial charge on any atom is -0.346 e. The van der Waals surface area contributed by atoms with Crippen molar-refractivity contribution in [1.82, 2.24) is 9.29 Å². The van der Waals surface area contributed by atoms with E-state index in [4.69, 9.17) is 0 Å². The van der Waals surface area contributed by atoms with Gasteiger partial charge < -0.3 is 5.32 Å². The van der Waals surface area contributed by atoms with E-state index < -0.39 is 28.6 Å². The molecule has 23 heavy (non-hydrogen) atoms. The molecule has 1 unspecified atom stereocenters. The van der Waals surface area contributed by atoms with Gasteiger partial charge in [0.1, 0.15) is 11.0 Å². The highest BCUT2D eigenvalue weighted by Crippen LogP contribution is 2.29. The molecule has 2 aromatic rings. The number of nitrogens with zero attached hydrogens (tertiary/aromatic N) is 1. The van der Waals surface area contributed by atoms with Crippen LogP contribution in [0.25, 0.3) is 0 Å². The monoisotopic (exact) mass is 344 g/mol. The van der Waals surface area contributed by atoms with Gasteiger partial charge in [0.15, 0.2) is 0 Å². The minimum absolute atomic E-state index is 0.0745. The van der Waals surface area contributed by atoms with Gasteiger partial charge in [0, 0.05) is 17.5 Å². The number of nitrogens with one attached hydrogen (secondary N) is 1. The Bertz CT molecular complexity index is 726. The van der Waals surface area contributed by atoms with Gasteiger partial charge in [-0.05, 0) is 30.3 Å². The van der Waals surface area contributed by atoms with E-state index in [2.05, 4.69) is 5.32 Å². The van der Waals surface area contributed by atoms with Crippen molar-refractivity contribution in [2.45, 2.75) is 19.6 Å². The van der Waals surface area contributed by atoms with Gasteiger partial charge >= 0.3 is 6.18 Å². The maximum atomic E-state index is 12.7. The number of benzene rings is 1. The molecule has 0 saturated carbocycles. The number of rotatable bonds is 5. The van der Waals surface area contributed by atoms with E-state index in [0.29, 0.717) is 11.4 Å². The van der Waals surface area contributed by atoms with Gasteiger partial charge in [0.25, 0.3) is 5.91 Å². The zero-order valence-electron chi connectivity index (χ0n) is 12.3. The van der Waals surface area contributed by atoms with Crippen LogP contribution in [0.1, 0.15) is 28.5 Å². The smallest absolute Gasteiger partial charge is 0.346 e. The first kappa shape index (κ1) is 17.3. The molecule has 1 aromatic heterocycles. The molecule has 124 valence electrons. The van der Waals surface area contributed by atoms with Crippen LogP contribution in [-0.4, -0.2) is 19.8 Å². The van der Waals surface area contributed by atoms with Crippen molar-refractivity contribution in [3.05, 3.63) is 59.4 Å². The molecule has 0 aliphatic heterocycles. The molecule has 1 aromatic carbocycles. The lowest BCUT2D eigenvalue weighted by molar-refractivity contribution is -0.137. The lowest BCUT2D eigenvalue weighted by Gasteiger charge is -2.10. The van der Waals surface area contributed by atoms with Crippen LogP contribution in [0.5, 0.6) is 0 Å². The Kier molecular flexibility index (Phi) is 5.25. The number of halogens is 3. The number of hydrogen-bond donors (Lipinski definition) is 1. The van der Waals surface area contributed by atoms with Crippen LogP contribution < -0.4 is 5.32 Å². The van der Waals surface area contributed by atoms with Gasteiger partial charge in [-0.3, -0.25) is 8.77 Å². The molecule has 0 spiro atoms. The van der Waals surface area contributed by atoms with Gasteiger partial charge in [-0.1, -0.05) is 13.0 Å². The Morgan fingerprint density at radius 1 is 1.26 bits per heavy atom. The molecule has 0 fully saturated rings. The van der Waals surface area contributed by atoms with Gasteiger partial charge in [-0.25, -0.2) is 4.21 Å². The van der Waals surface area contributed by atoms with Crippen LogP contribution in [0.4, 0.5) is 13.2 Å². The molecule has 1 N–H and O–H groups in total. The average molecular weight is 344 g/mol. The highest BCUT2D eigenvalue weighted by Gasteiger charge is 2.30. The number of carbonyl (C=O) groups excluding carboxylic acids is 1. The molecule has 2 rings (SSSR count). The summed E-state index contributed by atoms with van der Waals surface area (Å²) in [6.07, 6.45) is -2.87. The number of hydrogen-bond acceptors (Lipinski definition) is 2. The molecule has 8 heteroatoms. The molecule has 0 aliphatic carbocycles. The summed E-state index contributed by atoms with van der Waals surface area (Å²) in [5, 5.41) is 2.54. The average Bonchev–Trinajstić information content (AvgIpc) is 2.99. The summed E-state index contributed by atoms with van der Waals surface area (Å²) in [4.78, 5) is 12.0. The largest absolute Gasteiger partial charge is 0.416 e. The Morgan fingerprint density at radius 3 is 2.65 bits per heavy atom. The second-order valence-electron chi connectivity index (χ2n) is 4.70. The molecule has 1 heterocycles. The second-order valence-corrected chi connectivity index (χ2v) is 6.31. The SMILES string of the molecule is CCS(=O)n1cccc1CNC(=O)c1cccc(C(F)(F)F)c1. The third-order valence-corrected chi connectivity index (χ3v) is 4.43. The van der Waals surface area contributed by atoms with Crippen LogP contribution in [0.2, 0.25) is 0 Å². The van der Waals surface area contributed by atoms with Gasteiger partial charge in [0.05, 0.1) is 17.8 Å². The highest BCUT2D eigenvalue weighted by atomic mass is 32.2. The van der Waals surface area contributed by atoms with Gasteiger partial charge in [-0.2, -0.15) is 13.2 Å². The number of amides is 1. The summed E-state index contributed by atoms with van der Waals surface area (Å²) in [5.41, 5.74) is -0.333. The van der Waals surface area contributed by atoms with E-state index in [9.17, 15) is 22.2 Å². The molecule has 0 aliphatic rings. The number of carbonyl (C=O) groups is 1. The van der Waals surface area contributed by atoms with Crippen LogP contribution >= 0.6 is 0 Å². The zero-order chi connectivity index (χ0) is 17.0. The maximum Gasteiger partial charge on any atom is 0.416 e. The van der Waals surface area contributed by atoms with Crippen molar-refractivity contribution in [2.24, 2.45) is 0 Å². The zero-order valence-corrected chi connectivity index (χ0v) is 13.1. The van der Waals surface area contributed by atoms with Crippen LogP contribution in [-0.2, 0) is 23.7 Å². The fourth-order valence-corrected chi connectivity index (χ4v) is 2.86. The van der Waals surface area contributed by atoms with Crippen molar-refractivity contribution in [3.63, 3.8) is 0 Å². The predicted molar refractivity (Wildman–Crippen MR) is 81.1 cm³/mol. The summed E-state index contributed by atoms with van der Waals surface area (Å²) in [7, 11) is -1.23. The summed E-state index contributed by atoms with van der Waals surface area (Å²) in [5.74, 6) is -0.199. The fourth-order valence-electron chi connectivity index (χ4n) is 1.99. The Labute approximate surface area is 133 Å². The molecular weight excluding hydrogens is 329 g/mol. The van der Waals surface area contributed by atoms with Crippen LogP contribution in [0, 0.1) is 0 Å². The topological polar surface area (TPSA) is 51.1 Å². The molecule has 4 nitrogen and oxygen atoms in total. The summed E-state index contributed by atoms with van der Waals surface area (Å²) in [6, 6.07) is 7.60. The quantitative estimate of drug-likeness (QED) is 0.907. The van der Waals surface area contributed by atoms with E-state index in [1.165, 1.54) is 16.1 Å². The van der Waals surface area contributed by atoms with Crippen LogP contribution in [0.15, 0.2) is 42.6 Å². The van der Waals surface area contributed by atoms with E-state index in [0.717, 1.165) is 12.1 Å².